The molecule has 2 unspecified atom stereocenters. The van der Waals surface area contributed by atoms with Crippen molar-refractivity contribution < 1.29 is 0 Å². The highest BCUT2D eigenvalue weighted by molar-refractivity contribution is 6.30. The third kappa shape index (κ3) is 2.72. The van der Waals surface area contributed by atoms with Crippen LogP contribution in [-0.2, 0) is 13.6 Å². The lowest BCUT2D eigenvalue weighted by Crippen LogP contribution is -2.38. The van der Waals surface area contributed by atoms with Gasteiger partial charge < -0.3 is 0 Å². The van der Waals surface area contributed by atoms with Crippen molar-refractivity contribution in [2.24, 2.45) is 13.0 Å². The van der Waals surface area contributed by atoms with Gasteiger partial charge >= 0.3 is 0 Å². The maximum absolute atomic E-state index is 6.31. The van der Waals surface area contributed by atoms with Crippen molar-refractivity contribution in [3.8, 4) is 0 Å². The van der Waals surface area contributed by atoms with Gasteiger partial charge in [0.25, 0.3) is 0 Å². The molecule has 1 saturated carbocycles. The Labute approximate surface area is 115 Å². The highest BCUT2D eigenvalue weighted by atomic mass is 35.5. The zero-order chi connectivity index (χ0) is 13.3. The van der Waals surface area contributed by atoms with Crippen LogP contribution in [0.5, 0.6) is 0 Å². The maximum Gasteiger partial charge on any atom is 0.131 e. The van der Waals surface area contributed by atoms with E-state index in [0.717, 1.165) is 23.3 Å². The molecule has 0 aliphatic heterocycles. The van der Waals surface area contributed by atoms with Gasteiger partial charge in [-0.2, -0.15) is 5.10 Å². The van der Waals surface area contributed by atoms with E-state index < -0.39 is 0 Å². The summed E-state index contributed by atoms with van der Waals surface area (Å²) in [7, 11) is 4.12. The molecule has 102 valence electrons. The fraction of sp³-hybridized carbons (Fsp3) is 0.786. The van der Waals surface area contributed by atoms with Crippen molar-refractivity contribution in [3.63, 3.8) is 0 Å². The molecule has 2 rings (SSSR count). The summed E-state index contributed by atoms with van der Waals surface area (Å²) >= 11 is 6.31. The van der Waals surface area contributed by atoms with Gasteiger partial charge in [-0.1, -0.05) is 31.4 Å². The summed E-state index contributed by atoms with van der Waals surface area (Å²) in [5.74, 6) is 0.791. The zero-order valence-electron chi connectivity index (χ0n) is 11.9. The van der Waals surface area contributed by atoms with Gasteiger partial charge in [0.1, 0.15) is 5.15 Å². The first-order valence-corrected chi connectivity index (χ1v) is 7.26. The van der Waals surface area contributed by atoms with E-state index in [9.17, 15) is 0 Å². The van der Waals surface area contributed by atoms with Crippen LogP contribution in [0, 0.1) is 12.8 Å². The molecular formula is C14H24ClN3. The van der Waals surface area contributed by atoms with Gasteiger partial charge in [0.05, 0.1) is 5.69 Å². The summed E-state index contributed by atoms with van der Waals surface area (Å²) in [6.45, 7) is 5.32. The lowest BCUT2D eigenvalue weighted by Gasteiger charge is -2.36. The van der Waals surface area contributed by atoms with Crippen LogP contribution in [0.2, 0.25) is 5.15 Å². The van der Waals surface area contributed by atoms with E-state index >= 15 is 0 Å². The third-order valence-corrected chi connectivity index (χ3v) is 4.78. The predicted molar refractivity (Wildman–Crippen MR) is 75.8 cm³/mol. The molecule has 1 aromatic heterocycles. The number of hydrogen-bond donors (Lipinski definition) is 0. The summed E-state index contributed by atoms with van der Waals surface area (Å²) in [5.41, 5.74) is 2.23. The lowest BCUT2D eigenvalue weighted by molar-refractivity contribution is 0.133. The van der Waals surface area contributed by atoms with Gasteiger partial charge in [0.15, 0.2) is 0 Å². The van der Waals surface area contributed by atoms with Gasteiger partial charge in [-0.15, -0.1) is 0 Å². The second-order valence-corrected chi connectivity index (χ2v) is 6.08. The van der Waals surface area contributed by atoms with Crippen LogP contribution in [0.25, 0.3) is 0 Å². The van der Waals surface area contributed by atoms with Crippen LogP contribution >= 0.6 is 11.6 Å². The van der Waals surface area contributed by atoms with Crippen molar-refractivity contribution >= 4 is 11.6 Å². The molecule has 0 saturated heterocycles. The normalized spacial score (nSPS) is 24.8. The van der Waals surface area contributed by atoms with Crippen molar-refractivity contribution in [2.75, 3.05) is 7.05 Å². The molecule has 1 aromatic rings. The summed E-state index contributed by atoms with van der Waals surface area (Å²) in [6.07, 6.45) is 5.42. The average molecular weight is 270 g/mol. The number of halogens is 1. The SMILES string of the molecule is Cc1nn(C)c(Cl)c1CN(C)C1CCCCC1C. The van der Waals surface area contributed by atoms with E-state index in [2.05, 4.69) is 24.0 Å². The Hall–Kier alpha value is -0.540. The van der Waals surface area contributed by atoms with Crippen LogP contribution in [0.1, 0.15) is 43.9 Å². The van der Waals surface area contributed by atoms with Gasteiger partial charge in [-0.05, 0) is 32.7 Å². The monoisotopic (exact) mass is 269 g/mol. The van der Waals surface area contributed by atoms with E-state index in [1.165, 1.54) is 31.2 Å². The Balaban J connectivity index is 2.08. The Morgan fingerprint density at radius 2 is 2.06 bits per heavy atom. The average Bonchev–Trinajstić information content (AvgIpc) is 2.56. The Morgan fingerprint density at radius 3 is 2.61 bits per heavy atom. The number of aryl methyl sites for hydroxylation is 2. The van der Waals surface area contributed by atoms with Crippen LogP contribution in [0.4, 0.5) is 0 Å². The molecule has 0 bridgehead atoms. The van der Waals surface area contributed by atoms with Crippen molar-refractivity contribution in [1.29, 1.82) is 0 Å². The molecule has 0 radical (unpaired) electrons. The number of rotatable bonds is 3. The molecule has 0 aromatic carbocycles. The first-order chi connectivity index (χ1) is 8.50. The Kier molecular flexibility index (Phi) is 4.33. The van der Waals surface area contributed by atoms with E-state index in [1.807, 2.05) is 14.0 Å². The molecule has 1 aliphatic rings. The van der Waals surface area contributed by atoms with Crippen LogP contribution < -0.4 is 0 Å². The van der Waals surface area contributed by atoms with E-state index in [-0.39, 0.29) is 0 Å². The summed E-state index contributed by atoms with van der Waals surface area (Å²) in [4.78, 5) is 2.46. The van der Waals surface area contributed by atoms with E-state index in [4.69, 9.17) is 11.6 Å². The largest absolute Gasteiger partial charge is 0.299 e. The number of aromatic nitrogens is 2. The zero-order valence-corrected chi connectivity index (χ0v) is 12.7. The third-order valence-electron chi connectivity index (χ3n) is 4.31. The Morgan fingerprint density at radius 1 is 1.39 bits per heavy atom. The van der Waals surface area contributed by atoms with Gasteiger partial charge in [0.2, 0.25) is 0 Å². The van der Waals surface area contributed by atoms with Crippen molar-refractivity contribution in [3.05, 3.63) is 16.4 Å². The minimum atomic E-state index is 0.689. The first-order valence-electron chi connectivity index (χ1n) is 6.89. The number of hydrogen-bond acceptors (Lipinski definition) is 2. The maximum atomic E-state index is 6.31. The predicted octanol–water partition coefficient (Wildman–Crippen LogP) is 3.39. The van der Waals surface area contributed by atoms with Crippen LogP contribution in [-0.4, -0.2) is 27.8 Å². The van der Waals surface area contributed by atoms with Gasteiger partial charge in [-0.3, -0.25) is 9.58 Å². The molecule has 0 amide bonds. The second kappa shape index (κ2) is 5.62. The highest BCUT2D eigenvalue weighted by Gasteiger charge is 2.26. The number of nitrogens with zero attached hydrogens (tertiary/aromatic N) is 3. The van der Waals surface area contributed by atoms with Gasteiger partial charge in [0, 0.05) is 25.2 Å². The van der Waals surface area contributed by atoms with Crippen molar-refractivity contribution in [1.82, 2.24) is 14.7 Å². The quantitative estimate of drug-likeness (QED) is 0.839. The van der Waals surface area contributed by atoms with E-state index in [1.54, 1.807) is 4.68 Å². The molecule has 1 heterocycles. The van der Waals surface area contributed by atoms with Crippen LogP contribution in [0.3, 0.4) is 0 Å². The molecule has 1 aliphatic carbocycles. The summed E-state index contributed by atoms with van der Waals surface area (Å²) in [5, 5.41) is 5.17. The fourth-order valence-corrected chi connectivity index (χ4v) is 3.41. The fourth-order valence-electron chi connectivity index (χ4n) is 3.17. The topological polar surface area (TPSA) is 21.1 Å². The summed E-state index contributed by atoms with van der Waals surface area (Å²) in [6, 6.07) is 0.689. The smallest absolute Gasteiger partial charge is 0.131 e. The van der Waals surface area contributed by atoms with Gasteiger partial charge in [-0.25, -0.2) is 0 Å². The minimum Gasteiger partial charge on any atom is -0.299 e. The van der Waals surface area contributed by atoms with Crippen LogP contribution in [0.15, 0.2) is 0 Å². The molecule has 2 atom stereocenters. The second-order valence-electron chi connectivity index (χ2n) is 5.72. The molecule has 18 heavy (non-hydrogen) atoms. The molecule has 0 spiro atoms. The molecule has 1 fully saturated rings. The lowest BCUT2D eigenvalue weighted by atomic mass is 9.85. The molecule has 3 nitrogen and oxygen atoms in total. The first kappa shape index (κ1) is 13.9. The molecule has 0 N–H and O–H groups in total. The molecule has 4 heteroatoms. The minimum absolute atomic E-state index is 0.689. The van der Waals surface area contributed by atoms with E-state index in [0.29, 0.717) is 6.04 Å². The standard InChI is InChI=1S/C14H24ClN3/c1-10-7-5-6-8-13(10)17(3)9-12-11(2)16-18(4)14(12)15/h10,13H,5-9H2,1-4H3. The Bertz CT molecular complexity index is 413. The van der Waals surface area contributed by atoms with Crippen molar-refractivity contribution in [2.45, 2.75) is 52.1 Å². The molecular weight excluding hydrogens is 246 g/mol. The highest BCUT2D eigenvalue weighted by Crippen LogP contribution is 2.29. The summed E-state index contributed by atoms with van der Waals surface area (Å²) < 4.78 is 1.77.